The lowest BCUT2D eigenvalue weighted by molar-refractivity contribution is 0.553. The average Bonchev–Trinajstić information content (AvgIpc) is 2.62. The lowest BCUT2D eigenvalue weighted by Crippen LogP contribution is -2.28. The second kappa shape index (κ2) is 7.28. The highest BCUT2D eigenvalue weighted by Crippen LogP contribution is 1.88. The summed E-state index contributed by atoms with van der Waals surface area (Å²) in [6.45, 7) is 7.75. The molecule has 0 fully saturated rings. The van der Waals surface area contributed by atoms with Crippen LogP contribution in [0.2, 0.25) is 0 Å². The van der Waals surface area contributed by atoms with Crippen LogP contribution in [0.3, 0.4) is 0 Å². The average molecular weight is 225 g/mol. The lowest BCUT2D eigenvalue weighted by Gasteiger charge is -2.04. The molecule has 0 unspecified atom stereocenters. The quantitative estimate of drug-likeness (QED) is 0.680. The van der Waals surface area contributed by atoms with Gasteiger partial charge in [-0.1, -0.05) is 20.3 Å². The van der Waals surface area contributed by atoms with Crippen LogP contribution in [0.5, 0.6) is 0 Å². The van der Waals surface area contributed by atoms with E-state index in [1.807, 2.05) is 12.4 Å². The first-order valence-electron chi connectivity index (χ1n) is 6.25. The summed E-state index contributed by atoms with van der Waals surface area (Å²) >= 11 is 0. The molecule has 0 amide bonds. The molecule has 1 aromatic heterocycles. The van der Waals surface area contributed by atoms with Gasteiger partial charge in [0.2, 0.25) is 0 Å². The molecule has 1 rings (SSSR count). The van der Waals surface area contributed by atoms with Crippen molar-refractivity contribution < 1.29 is 0 Å². The van der Waals surface area contributed by atoms with Crippen molar-refractivity contribution >= 4 is 0 Å². The molecule has 0 saturated carbocycles. The van der Waals surface area contributed by atoms with E-state index in [0.717, 1.165) is 32.6 Å². The Morgan fingerprint density at radius 2 is 1.75 bits per heavy atom. The van der Waals surface area contributed by atoms with Crippen LogP contribution in [-0.2, 0) is 13.1 Å². The van der Waals surface area contributed by atoms with E-state index in [-0.39, 0.29) is 5.69 Å². The van der Waals surface area contributed by atoms with Crippen molar-refractivity contribution in [1.82, 2.24) is 14.5 Å². The molecule has 1 N–H and O–H groups in total. The summed E-state index contributed by atoms with van der Waals surface area (Å²) in [7, 11) is 0. The first kappa shape index (κ1) is 13.0. The number of aryl methyl sites for hydroxylation is 1. The van der Waals surface area contributed by atoms with Crippen molar-refractivity contribution in [3.8, 4) is 0 Å². The number of hydrogen-bond donors (Lipinski definition) is 1. The zero-order valence-corrected chi connectivity index (χ0v) is 10.4. The Morgan fingerprint density at radius 1 is 1.06 bits per heavy atom. The van der Waals surface area contributed by atoms with Crippen molar-refractivity contribution in [3.63, 3.8) is 0 Å². The summed E-state index contributed by atoms with van der Waals surface area (Å²) in [5.41, 5.74) is 0.110. The molecule has 1 heterocycles. The molecule has 0 aliphatic rings. The van der Waals surface area contributed by atoms with Crippen molar-refractivity contribution in [3.05, 3.63) is 22.9 Å². The highest BCUT2D eigenvalue weighted by Gasteiger charge is 2.00. The maximum Gasteiger partial charge on any atom is 0.328 e. The zero-order valence-electron chi connectivity index (χ0n) is 10.4. The third-order valence-electron chi connectivity index (χ3n) is 2.62. The highest BCUT2D eigenvalue weighted by atomic mass is 16.1. The van der Waals surface area contributed by atoms with Crippen molar-refractivity contribution in [2.45, 2.75) is 46.2 Å². The number of imidazole rings is 1. The predicted octanol–water partition coefficient (Wildman–Crippen LogP) is 1.45. The van der Waals surface area contributed by atoms with Gasteiger partial charge in [-0.05, 0) is 19.4 Å². The van der Waals surface area contributed by atoms with E-state index < -0.39 is 0 Å². The molecule has 16 heavy (non-hydrogen) atoms. The van der Waals surface area contributed by atoms with E-state index in [1.165, 1.54) is 12.8 Å². The van der Waals surface area contributed by atoms with Gasteiger partial charge >= 0.3 is 5.69 Å². The summed E-state index contributed by atoms with van der Waals surface area (Å²) < 4.78 is 3.54. The molecular weight excluding hydrogens is 202 g/mol. The summed E-state index contributed by atoms with van der Waals surface area (Å²) in [5, 5.41) is 3.33. The Kier molecular flexibility index (Phi) is 5.93. The number of nitrogens with zero attached hydrogens (tertiary/aromatic N) is 2. The molecule has 0 bridgehead atoms. The van der Waals surface area contributed by atoms with Gasteiger partial charge in [0.15, 0.2) is 0 Å². The fourth-order valence-electron chi connectivity index (χ4n) is 1.66. The Hall–Kier alpha value is -1.03. The molecule has 0 atom stereocenters. The van der Waals surface area contributed by atoms with Crippen LogP contribution in [0.1, 0.15) is 33.1 Å². The van der Waals surface area contributed by atoms with Crippen LogP contribution in [0.4, 0.5) is 0 Å². The monoisotopic (exact) mass is 225 g/mol. The minimum Gasteiger partial charge on any atom is -0.315 e. The van der Waals surface area contributed by atoms with Crippen LogP contribution < -0.4 is 11.0 Å². The predicted molar refractivity (Wildman–Crippen MR) is 66.8 cm³/mol. The Balaban J connectivity index is 2.34. The van der Waals surface area contributed by atoms with Crippen molar-refractivity contribution in [1.29, 1.82) is 0 Å². The molecule has 0 radical (unpaired) electrons. The normalized spacial score (nSPS) is 10.9. The van der Waals surface area contributed by atoms with Crippen LogP contribution in [0.25, 0.3) is 0 Å². The molecule has 0 saturated heterocycles. The van der Waals surface area contributed by atoms with E-state index in [9.17, 15) is 4.79 Å². The zero-order chi connectivity index (χ0) is 11.8. The molecule has 0 spiro atoms. The van der Waals surface area contributed by atoms with Crippen LogP contribution >= 0.6 is 0 Å². The molecule has 4 nitrogen and oxygen atoms in total. The Morgan fingerprint density at radius 3 is 2.38 bits per heavy atom. The Labute approximate surface area is 97.3 Å². The Bertz CT molecular complexity index is 340. The number of nitrogens with one attached hydrogen (secondary N) is 1. The molecule has 1 aromatic rings. The smallest absolute Gasteiger partial charge is 0.315 e. The molecular formula is C12H23N3O. The van der Waals surface area contributed by atoms with Gasteiger partial charge in [0, 0.05) is 32.0 Å². The van der Waals surface area contributed by atoms with Gasteiger partial charge in [0.25, 0.3) is 0 Å². The maximum absolute atomic E-state index is 11.8. The standard InChI is InChI=1S/C12H23N3O/c1-3-5-6-13-7-9-15-11-10-14(8-4-2)12(15)16/h10-11,13H,3-9H2,1-2H3. The number of hydrogen-bond acceptors (Lipinski definition) is 2. The van der Waals surface area contributed by atoms with Gasteiger partial charge in [0.05, 0.1) is 0 Å². The van der Waals surface area contributed by atoms with Crippen LogP contribution in [0.15, 0.2) is 17.2 Å². The summed E-state index contributed by atoms with van der Waals surface area (Å²) in [4.78, 5) is 11.8. The maximum atomic E-state index is 11.8. The van der Waals surface area contributed by atoms with Crippen molar-refractivity contribution in [2.24, 2.45) is 0 Å². The topological polar surface area (TPSA) is 39.0 Å². The minimum absolute atomic E-state index is 0.110. The third kappa shape index (κ3) is 3.85. The molecule has 0 aromatic carbocycles. The first-order chi connectivity index (χ1) is 7.79. The summed E-state index contributed by atoms with van der Waals surface area (Å²) in [6.07, 6.45) is 7.15. The number of unbranched alkanes of at least 4 members (excludes halogenated alkanes) is 1. The molecule has 0 aliphatic heterocycles. The minimum atomic E-state index is 0.110. The van der Waals surface area contributed by atoms with E-state index in [4.69, 9.17) is 0 Å². The van der Waals surface area contributed by atoms with Gasteiger partial charge in [0.1, 0.15) is 0 Å². The second-order valence-corrected chi connectivity index (χ2v) is 4.07. The van der Waals surface area contributed by atoms with Crippen LogP contribution in [0, 0.1) is 0 Å². The molecule has 0 aliphatic carbocycles. The van der Waals surface area contributed by atoms with Crippen molar-refractivity contribution in [2.75, 3.05) is 13.1 Å². The summed E-state index contributed by atoms with van der Waals surface area (Å²) in [6, 6.07) is 0. The van der Waals surface area contributed by atoms with Gasteiger partial charge in [-0.25, -0.2) is 4.79 Å². The van der Waals surface area contributed by atoms with E-state index in [2.05, 4.69) is 19.2 Å². The highest BCUT2D eigenvalue weighted by molar-refractivity contribution is 4.81. The number of rotatable bonds is 8. The summed E-state index contributed by atoms with van der Waals surface area (Å²) in [5.74, 6) is 0. The number of aromatic nitrogens is 2. The SMILES string of the molecule is CCCCNCCn1ccn(CCC)c1=O. The van der Waals surface area contributed by atoms with Gasteiger partial charge in [-0.2, -0.15) is 0 Å². The third-order valence-corrected chi connectivity index (χ3v) is 2.62. The molecule has 4 heteroatoms. The van der Waals surface area contributed by atoms with Gasteiger partial charge in [-0.3, -0.25) is 9.13 Å². The van der Waals surface area contributed by atoms with E-state index in [0.29, 0.717) is 0 Å². The fraction of sp³-hybridized carbons (Fsp3) is 0.750. The van der Waals surface area contributed by atoms with Crippen LogP contribution in [-0.4, -0.2) is 22.2 Å². The first-order valence-corrected chi connectivity index (χ1v) is 6.25. The van der Waals surface area contributed by atoms with Gasteiger partial charge < -0.3 is 5.32 Å². The van der Waals surface area contributed by atoms with Gasteiger partial charge in [-0.15, -0.1) is 0 Å². The largest absolute Gasteiger partial charge is 0.328 e. The van der Waals surface area contributed by atoms with E-state index >= 15 is 0 Å². The lowest BCUT2D eigenvalue weighted by atomic mass is 10.3. The molecule has 92 valence electrons. The second-order valence-electron chi connectivity index (χ2n) is 4.07. The fourth-order valence-corrected chi connectivity index (χ4v) is 1.66. The van der Waals surface area contributed by atoms with E-state index in [1.54, 1.807) is 9.13 Å².